The zero-order valence-corrected chi connectivity index (χ0v) is 13.7. The number of amides is 1. The Hall–Kier alpha value is -1.72. The van der Waals surface area contributed by atoms with Gasteiger partial charge in [0.25, 0.3) is 0 Å². The lowest BCUT2D eigenvalue weighted by molar-refractivity contribution is -0.117. The number of rotatable bonds is 5. The Morgan fingerprint density at radius 2 is 2.32 bits per heavy atom. The number of benzene rings is 1. The smallest absolute Gasteiger partial charge is 0.227 e. The monoisotopic (exact) mass is 316 g/mol. The van der Waals surface area contributed by atoms with Crippen LogP contribution in [0.5, 0.6) is 0 Å². The van der Waals surface area contributed by atoms with Crippen LogP contribution in [0.25, 0.3) is 11.3 Å². The van der Waals surface area contributed by atoms with Crippen molar-refractivity contribution in [1.82, 2.24) is 4.98 Å². The topological polar surface area (TPSA) is 42.4 Å². The third kappa shape index (κ3) is 3.05. The molecule has 1 unspecified atom stereocenters. The van der Waals surface area contributed by atoms with Crippen molar-refractivity contribution in [2.75, 3.05) is 25.2 Å². The number of ether oxygens (including phenoxy) is 1. The van der Waals surface area contributed by atoms with Gasteiger partial charge in [0.15, 0.2) is 0 Å². The van der Waals surface area contributed by atoms with E-state index in [1.807, 2.05) is 23.1 Å². The zero-order valence-electron chi connectivity index (χ0n) is 12.9. The predicted molar refractivity (Wildman–Crippen MR) is 89.4 cm³/mol. The first-order valence-corrected chi connectivity index (χ1v) is 8.42. The minimum atomic E-state index is 0.213. The van der Waals surface area contributed by atoms with Gasteiger partial charge in [0.05, 0.1) is 17.3 Å². The van der Waals surface area contributed by atoms with E-state index in [-0.39, 0.29) is 5.91 Å². The first-order valence-electron chi connectivity index (χ1n) is 7.54. The molecule has 2 aromatic rings. The third-order valence-electron chi connectivity index (χ3n) is 3.89. The second kappa shape index (κ2) is 6.58. The van der Waals surface area contributed by atoms with Crippen LogP contribution in [0.15, 0.2) is 29.6 Å². The van der Waals surface area contributed by atoms with Gasteiger partial charge in [-0.3, -0.25) is 4.79 Å². The van der Waals surface area contributed by atoms with Crippen molar-refractivity contribution in [1.29, 1.82) is 0 Å². The van der Waals surface area contributed by atoms with Crippen molar-refractivity contribution >= 4 is 22.9 Å². The average Bonchev–Trinajstić information content (AvgIpc) is 3.16. The summed E-state index contributed by atoms with van der Waals surface area (Å²) in [6, 6.07) is 8.09. The quantitative estimate of drug-likeness (QED) is 0.845. The summed E-state index contributed by atoms with van der Waals surface area (Å²) in [5, 5.41) is 3.16. The molecular weight excluding hydrogens is 296 g/mol. The molecule has 22 heavy (non-hydrogen) atoms. The van der Waals surface area contributed by atoms with Gasteiger partial charge in [-0.1, -0.05) is 19.1 Å². The van der Waals surface area contributed by atoms with E-state index in [0.29, 0.717) is 18.9 Å². The maximum Gasteiger partial charge on any atom is 0.227 e. The lowest BCUT2D eigenvalue weighted by Crippen LogP contribution is -2.23. The first kappa shape index (κ1) is 15.2. The van der Waals surface area contributed by atoms with E-state index in [1.165, 1.54) is 0 Å². The standard InChI is InChI=1S/C17H20N2O2S/c1-12(10-21-2)17-18-15(11-22-17)13-5-3-6-14(9-13)19-8-4-7-16(19)20/h3,5-6,9,11-12H,4,7-8,10H2,1-2H3. The largest absolute Gasteiger partial charge is 0.384 e. The molecule has 0 spiro atoms. The van der Waals surface area contributed by atoms with Gasteiger partial charge >= 0.3 is 0 Å². The van der Waals surface area contributed by atoms with Gasteiger partial charge < -0.3 is 9.64 Å². The molecule has 1 fully saturated rings. The molecule has 0 radical (unpaired) electrons. The summed E-state index contributed by atoms with van der Waals surface area (Å²) in [7, 11) is 1.71. The summed E-state index contributed by atoms with van der Waals surface area (Å²) in [6.07, 6.45) is 1.60. The molecule has 1 atom stereocenters. The molecule has 4 nitrogen and oxygen atoms in total. The minimum Gasteiger partial charge on any atom is -0.384 e. The highest BCUT2D eigenvalue weighted by molar-refractivity contribution is 7.10. The molecule has 3 rings (SSSR count). The predicted octanol–water partition coefficient (Wildman–Crippen LogP) is 3.69. The number of carbonyl (C=O) groups is 1. The summed E-state index contributed by atoms with van der Waals surface area (Å²) in [6.45, 7) is 3.61. The molecule has 1 aliphatic heterocycles. The van der Waals surface area contributed by atoms with Crippen LogP contribution in [0, 0.1) is 0 Å². The van der Waals surface area contributed by atoms with Crippen LogP contribution in [0.4, 0.5) is 5.69 Å². The van der Waals surface area contributed by atoms with Gasteiger partial charge in [-0.2, -0.15) is 0 Å². The van der Waals surface area contributed by atoms with Crippen molar-refractivity contribution in [2.45, 2.75) is 25.7 Å². The van der Waals surface area contributed by atoms with Gasteiger partial charge in [-0.15, -0.1) is 11.3 Å². The van der Waals surface area contributed by atoms with Crippen LogP contribution in [-0.4, -0.2) is 31.2 Å². The van der Waals surface area contributed by atoms with Crippen molar-refractivity contribution in [3.8, 4) is 11.3 Å². The SMILES string of the molecule is COCC(C)c1nc(-c2cccc(N3CCCC3=O)c2)cs1. The fourth-order valence-corrected chi connectivity index (χ4v) is 3.59. The second-order valence-electron chi connectivity index (χ2n) is 5.63. The van der Waals surface area contributed by atoms with Gasteiger partial charge in [-0.05, 0) is 18.6 Å². The number of nitrogens with zero attached hydrogens (tertiary/aromatic N) is 2. The molecule has 5 heteroatoms. The van der Waals surface area contributed by atoms with E-state index in [0.717, 1.165) is 34.9 Å². The minimum absolute atomic E-state index is 0.213. The number of aromatic nitrogens is 1. The molecule has 1 saturated heterocycles. The van der Waals surface area contributed by atoms with Crippen LogP contribution >= 0.6 is 11.3 Å². The lowest BCUT2D eigenvalue weighted by atomic mass is 10.1. The molecule has 0 N–H and O–H groups in total. The highest BCUT2D eigenvalue weighted by Gasteiger charge is 2.22. The van der Waals surface area contributed by atoms with E-state index < -0.39 is 0 Å². The molecule has 0 aliphatic carbocycles. The summed E-state index contributed by atoms with van der Waals surface area (Å²) in [5.41, 5.74) is 3.00. The zero-order chi connectivity index (χ0) is 15.5. The summed E-state index contributed by atoms with van der Waals surface area (Å²) in [5.74, 6) is 0.511. The van der Waals surface area contributed by atoms with E-state index in [9.17, 15) is 4.79 Å². The van der Waals surface area contributed by atoms with E-state index in [4.69, 9.17) is 9.72 Å². The number of hydrogen-bond donors (Lipinski definition) is 0. The highest BCUT2D eigenvalue weighted by atomic mass is 32.1. The van der Waals surface area contributed by atoms with Gasteiger partial charge in [-0.25, -0.2) is 4.98 Å². The summed E-state index contributed by atoms with van der Waals surface area (Å²) in [4.78, 5) is 18.5. The molecule has 1 aliphatic rings. The summed E-state index contributed by atoms with van der Waals surface area (Å²) >= 11 is 1.66. The van der Waals surface area contributed by atoms with Crippen LogP contribution in [0.1, 0.15) is 30.7 Å². The fourth-order valence-electron chi connectivity index (χ4n) is 2.72. The number of hydrogen-bond acceptors (Lipinski definition) is 4. The molecule has 116 valence electrons. The van der Waals surface area contributed by atoms with E-state index in [2.05, 4.69) is 18.4 Å². The molecule has 0 bridgehead atoms. The Morgan fingerprint density at radius 1 is 1.45 bits per heavy atom. The molecule has 0 saturated carbocycles. The van der Waals surface area contributed by atoms with Crippen molar-refractivity contribution in [2.24, 2.45) is 0 Å². The average molecular weight is 316 g/mol. The fraction of sp³-hybridized carbons (Fsp3) is 0.412. The normalized spacial score (nSPS) is 16.3. The van der Waals surface area contributed by atoms with Crippen molar-refractivity contribution < 1.29 is 9.53 Å². The molecule has 2 heterocycles. The number of thiazole rings is 1. The van der Waals surface area contributed by atoms with Crippen molar-refractivity contribution in [3.05, 3.63) is 34.7 Å². The van der Waals surface area contributed by atoms with E-state index in [1.54, 1.807) is 18.4 Å². The maximum absolute atomic E-state index is 11.9. The maximum atomic E-state index is 11.9. The molecule has 1 aromatic heterocycles. The number of carbonyl (C=O) groups excluding carboxylic acids is 1. The highest BCUT2D eigenvalue weighted by Crippen LogP contribution is 2.30. The Labute approximate surface area is 134 Å². The van der Waals surface area contributed by atoms with Crippen molar-refractivity contribution in [3.63, 3.8) is 0 Å². The second-order valence-corrected chi connectivity index (χ2v) is 6.52. The lowest BCUT2D eigenvalue weighted by Gasteiger charge is -2.16. The Kier molecular flexibility index (Phi) is 4.55. The van der Waals surface area contributed by atoms with Crippen LogP contribution in [-0.2, 0) is 9.53 Å². The van der Waals surface area contributed by atoms with E-state index >= 15 is 0 Å². The third-order valence-corrected chi connectivity index (χ3v) is 4.96. The van der Waals surface area contributed by atoms with Gasteiger partial charge in [0, 0.05) is 42.6 Å². The van der Waals surface area contributed by atoms with Crippen LogP contribution in [0.3, 0.4) is 0 Å². The molecule has 1 aromatic carbocycles. The van der Waals surface area contributed by atoms with Crippen LogP contribution in [0.2, 0.25) is 0 Å². The first-order chi connectivity index (χ1) is 10.7. The molecular formula is C17H20N2O2S. The Morgan fingerprint density at radius 3 is 3.05 bits per heavy atom. The summed E-state index contributed by atoms with van der Waals surface area (Å²) < 4.78 is 5.19. The number of methoxy groups -OCH3 is 1. The van der Waals surface area contributed by atoms with Gasteiger partial charge in [0.1, 0.15) is 0 Å². The Bertz CT molecular complexity index is 668. The van der Waals surface area contributed by atoms with Crippen LogP contribution < -0.4 is 4.90 Å². The molecule has 1 amide bonds. The Balaban J connectivity index is 1.84. The number of anilines is 1. The van der Waals surface area contributed by atoms with Gasteiger partial charge in [0.2, 0.25) is 5.91 Å².